The molecule has 116 valence electrons. The lowest BCUT2D eigenvalue weighted by Crippen LogP contribution is -2.29. The Bertz CT molecular complexity index is 702. The Morgan fingerprint density at radius 3 is 2.41 bits per heavy atom. The Labute approximate surface area is 130 Å². The van der Waals surface area contributed by atoms with Crippen LogP contribution in [-0.4, -0.2) is 15.6 Å². The molecule has 0 saturated heterocycles. The molecule has 0 aliphatic heterocycles. The van der Waals surface area contributed by atoms with Crippen molar-refractivity contribution in [2.45, 2.75) is 39.2 Å². The largest absolute Gasteiger partial charge is 0.477 e. The molecule has 1 N–H and O–H groups in total. The number of carboxylic acids is 1. The predicted octanol–water partition coefficient (Wildman–Crippen LogP) is 3.30. The molecule has 22 heavy (non-hydrogen) atoms. The standard InChI is InChI=1S/C18H21NO3/c1-13(2)16-11-10-15(18(21)22)17(20)19(16)12-6-9-14-7-4-3-5-8-14/h3-5,7-8,10-11,13H,6,9,12H2,1-2H3,(H,21,22). The highest BCUT2D eigenvalue weighted by molar-refractivity contribution is 5.87. The maximum absolute atomic E-state index is 12.4. The summed E-state index contributed by atoms with van der Waals surface area (Å²) in [5, 5.41) is 9.11. The van der Waals surface area contributed by atoms with Crippen LogP contribution in [0.3, 0.4) is 0 Å². The molecule has 0 fully saturated rings. The fraction of sp³-hybridized carbons (Fsp3) is 0.333. The highest BCUT2D eigenvalue weighted by Gasteiger charge is 2.15. The average molecular weight is 299 g/mol. The average Bonchev–Trinajstić information content (AvgIpc) is 2.49. The van der Waals surface area contributed by atoms with Crippen molar-refractivity contribution in [3.8, 4) is 0 Å². The Morgan fingerprint density at radius 1 is 1.14 bits per heavy atom. The van der Waals surface area contributed by atoms with Gasteiger partial charge in [-0.2, -0.15) is 0 Å². The second kappa shape index (κ2) is 7.07. The van der Waals surface area contributed by atoms with Crippen LogP contribution in [0.5, 0.6) is 0 Å². The summed E-state index contributed by atoms with van der Waals surface area (Å²) in [7, 11) is 0. The van der Waals surface area contributed by atoms with Crippen molar-refractivity contribution in [1.82, 2.24) is 4.57 Å². The number of aromatic nitrogens is 1. The van der Waals surface area contributed by atoms with Gasteiger partial charge in [-0.25, -0.2) is 4.79 Å². The van der Waals surface area contributed by atoms with Gasteiger partial charge in [0, 0.05) is 12.2 Å². The summed E-state index contributed by atoms with van der Waals surface area (Å²) in [5.74, 6) is -0.996. The molecule has 0 atom stereocenters. The first-order valence-electron chi connectivity index (χ1n) is 7.51. The molecule has 0 amide bonds. The second-order valence-corrected chi connectivity index (χ2v) is 5.68. The first-order chi connectivity index (χ1) is 10.5. The topological polar surface area (TPSA) is 59.3 Å². The number of carboxylic acid groups (broad SMARTS) is 1. The molecule has 4 nitrogen and oxygen atoms in total. The minimum Gasteiger partial charge on any atom is -0.477 e. The molecule has 0 bridgehead atoms. The summed E-state index contributed by atoms with van der Waals surface area (Å²) >= 11 is 0. The van der Waals surface area contributed by atoms with Crippen molar-refractivity contribution >= 4 is 5.97 Å². The smallest absolute Gasteiger partial charge is 0.341 e. The van der Waals surface area contributed by atoms with Gasteiger partial charge >= 0.3 is 5.97 Å². The van der Waals surface area contributed by atoms with E-state index in [2.05, 4.69) is 12.1 Å². The fourth-order valence-corrected chi connectivity index (χ4v) is 2.58. The van der Waals surface area contributed by atoms with Gasteiger partial charge in [-0.15, -0.1) is 0 Å². The van der Waals surface area contributed by atoms with Crippen LogP contribution in [0.25, 0.3) is 0 Å². The lowest BCUT2D eigenvalue weighted by molar-refractivity contribution is 0.0694. The van der Waals surface area contributed by atoms with Gasteiger partial charge in [0.15, 0.2) is 0 Å². The molecule has 0 unspecified atom stereocenters. The van der Waals surface area contributed by atoms with Gasteiger partial charge < -0.3 is 9.67 Å². The number of carbonyl (C=O) groups is 1. The number of hydrogen-bond acceptors (Lipinski definition) is 2. The predicted molar refractivity (Wildman–Crippen MR) is 86.5 cm³/mol. The molecule has 0 radical (unpaired) electrons. The summed E-state index contributed by atoms with van der Waals surface area (Å²) in [6.45, 7) is 4.54. The summed E-state index contributed by atoms with van der Waals surface area (Å²) in [5.41, 5.74) is 1.52. The van der Waals surface area contributed by atoms with Crippen LogP contribution in [0.2, 0.25) is 0 Å². The molecule has 0 aliphatic rings. The fourth-order valence-electron chi connectivity index (χ4n) is 2.58. The molecule has 4 heteroatoms. The summed E-state index contributed by atoms with van der Waals surface area (Å²) in [6, 6.07) is 13.2. The number of aryl methyl sites for hydroxylation is 1. The van der Waals surface area contributed by atoms with E-state index < -0.39 is 11.5 Å². The SMILES string of the molecule is CC(C)c1ccc(C(=O)O)c(=O)n1CCCc1ccccc1. The maximum Gasteiger partial charge on any atom is 0.341 e. The molecule has 1 heterocycles. The summed E-state index contributed by atoms with van der Waals surface area (Å²) in [6.07, 6.45) is 1.66. The Balaban J connectivity index is 2.22. The Hall–Kier alpha value is -2.36. The normalized spacial score (nSPS) is 10.9. The zero-order valence-electron chi connectivity index (χ0n) is 13.0. The Morgan fingerprint density at radius 2 is 1.82 bits per heavy atom. The van der Waals surface area contributed by atoms with Crippen molar-refractivity contribution in [1.29, 1.82) is 0 Å². The number of aromatic carboxylic acids is 1. The van der Waals surface area contributed by atoms with Crippen LogP contribution >= 0.6 is 0 Å². The van der Waals surface area contributed by atoms with Gasteiger partial charge in [0.2, 0.25) is 0 Å². The molecular weight excluding hydrogens is 278 g/mol. The number of hydrogen-bond donors (Lipinski definition) is 1. The van der Waals surface area contributed by atoms with E-state index in [1.807, 2.05) is 32.0 Å². The van der Waals surface area contributed by atoms with E-state index >= 15 is 0 Å². The van der Waals surface area contributed by atoms with Crippen LogP contribution in [0.4, 0.5) is 0 Å². The molecule has 0 aliphatic carbocycles. The minimum atomic E-state index is -1.17. The number of rotatable bonds is 6. The molecule has 0 saturated carbocycles. The zero-order valence-corrected chi connectivity index (χ0v) is 13.0. The van der Waals surface area contributed by atoms with Crippen LogP contribution in [-0.2, 0) is 13.0 Å². The third-order valence-corrected chi connectivity index (χ3v) is 3.72. The van der Waals surface area contributed by atoms with Gasteiger partial charge in [-0.05, 0) is 36.5 Å². The maximum atomic E-state index is 12.4. The van der Waals surface area contributed by atoms with Gasteiger partial charge in [0.05, 0.1) is 0 Å². The molecule has 2 aromatic rings. The molecule has 1 aromatic carbocycles. The van der Waals surface area contributed by atoms with Crippen molar-refractivity contribution in [3.05, 3.63) is 69.6 Å². The van der Waals surface area contributed by atoms with Crippen LogP contribution in [0.15, 0.2) is 47.3 Å². The van der Waals surface area contributed by atoms with Crippen LogP contribution in [0.1, 0.15) is 47.8 Å². The lowest BCUT2D eigenvalue weighted by Gasteiger charge is -2.16. The van der Waals surface area contributed by atoms with E-state index in [1.54, 1.807) is 10.6 Å². The summed E-state index contributed by atoms with van der Waals surface area (Å²) < 4.78 is 1.61. The van der Waals surface area contributed by atoms with Crippen molar-refractivity contribution in [2.75, 3.05) is 0 Å². The van der Waals surface area contributed by atoms with Crippen molar-refractivity contribution in [3.63, 3.8) is 0 Å². The van der Waals surface area contributed by atoms with Crippen molar-refractivity contribution < 1.29 is 9.90 Å². The van der Waals surface area contributed by atoms with Gasteiger partial charge in [0.25, 0.3) is 5.56 Å². The number of nitrogens with zero attached hydrogens (tertiary/aromatic N) is 1. The van der Waals surface area contributed by atoms with Gasteiger partial charge in [-0.1, -0.05) is 44.2 Å². The highest BCUT2D eigenvalue weighted by Crippen LogP contribution is 2.14. The monoisotopic (exact) mass is 299 g/mol. The Kier molecular flexibility index (Phi) is 5.15. The van der Waals surface area contributed by atoms with E-state index in [1.165, 1.54) is 11.6 Å². The second-order valence-electron chi connectivity index (χ2n) is 5.68. The van der Waals surface area contributed by atoms with E-state index in [-0.39, 0.29) is 11.5 Å². The molecule has 2 rings (SSSR count). The molecule has 0 spiro atoms. The van der Waals surface area contributed by atoms with Crippen LogP contribution in [0, 0.1) is 0 Å². The number of benzene rings is 1. The zero-order chi connectivity index (χ0) is 16.1. The first-order valence-corrected chi connectivity index (χ1v) is 7.51. The minimum absolute atomic E-state index is 0.163. The summed E-state index contributed by atoms with van der Waals surface area (Å²) in [4.78, 5) is 23.5. The third kappa shape index (κ3) is 3.64. The lowest BCUT2D eigenvalue weighted by atomic mass is 10.1. The quantitative estimate of drug-likeness (QED) is 0.890. The van der Waals surface area contributed by atoms with Gasteiger partial charge in [0.1, 0.15) is 5.56 Å². The highest BCUT2D eigenvalue weighted by atomic mass is 16.4. The van der Waals surface area contributed by atoms with E-state index in [9.17, 15) is 9.59 Å². The number of pyridine rings is 1. The van der Waals surface area contributed by atoms with Gasteiger partial charge in [-0.3, -0.25) is 4.79 Å². The third-order valence-electron chi connectivity index (χ3n) is 3.72. The van der Waals surface area contributed by atoms with Crippen molar-refractivity contribution in [2.24, 2.45) is 0 Å². The van der Waals surface area contributed by atoms with E-state index in [4.69, 9.17) is 5.11 Å². The first kappa shape index (κ1) is 16.0. The van der Waals surface area contributed by atoms with E-state index in [0.717, 1.165) is 18.5 Å². The van der Waals surface area contributed by atoms with Crippen LogP contribution < -0.4 is 5.56 Å². The molecular formula is C18H21NO3. The van der Waals surface area contributed by atoms with E-state index in [0.29, 0.717) is 6.54 Å². The molecule has 1 aromatic heterocycles.